The van der Waals surface area contributed by atoms with Gasteiger partial charge in [-0.2, -0.15) is 5.10 Å². The van der Waals surface area contributed by atoms with E-state index in [2.05, 4.69) is 15.8 Å². The number of carbonyl (C=O) groups excluding carboxylic acids is 3. The average molecular weight is 456 g/mol. The van der Waals surface area contributed by atoms with E-state index < -0.39 is 17.9 Å². The second-order valence-electron chi connectivity index (χ2n) is 7.32. The number of amides is 2. The van der Waals surface area contributed by atoms with Crippen LogP contribution in [0.25, 0.3) is 0 Å². The second-order valence-corrected chi connectivity index (χ2v) is 7.32. The van der Waals surface area contributed by atoms with Crippen LogP contribution in [0, 0.1) is 5.92 Å². The van der Waals surface area contributed by atoms with Gasteiger partial charge < -0.3 is 19.5 Å². The van der Waals surface area contributed by atoms with Crippen molar-refractivity contribution in [2.75, 3.05) is 20.3 Å². The molecule has 0 aromatic heterocycles. The van der Waals surface area contributed by atoms with Gasteiger partial charge in [0.05, 0.1) is 19.9 Å². The van der Waals surface area contributed by atoms with Gasteiger partial charge in [-0.25, -0.2) is 10.2 Å². The number of nitrogens with one attached hydrogen (secondary N) is 2. The number of hydrogen-bond donors (Lipinski definition) is 2. The van der Waals surface area contributed by atoms with Gasteiger partial charge in [-0.3, -0.25) is 9.59 Å². The summed E-state index contributed by atoms with van der Waals surface area (Å²) in [7, 11) is 1.54. The zero-order valence-corrected chi connectivity index (χ0v) is 19.2. The van der Waals surface area contributed by atoms with Crippen molar-refractivity contribution in [1.82, 2.24) is 10.7 Å². The van der Waals surface area contributed by atoms with Crippen molar-refractivity contribution in [2.24, 2.45) is 11.0 Å². The fraction of sp³-hybridized carbons (Fsp3) is 0.333. The Kier molecular flexibility index (Phi) is 9.88. The molecular formula is C24H29N3O6. The molecule has 0 aliphatic rings. The van der Waals surface area contributed by atoms with E-state index in [-0.39, 0.29) is 18.4 Å². The second kappa shape index (κ2) is 12.8. The molecule has 2 amide bonds. The molecular weight excluding hydrogens is 426 g/mol. The maximum atomic E-state index is 12.6. The molecule has 2 N–H and O–H groups in total. The molecule has 1 atom stereocenters. The van der Waals surface area contributed by atoms with Crippen LogP contribution in [0.1, 0.15) is 36.7 Å². The van der Waals surface area contributed by atoms with E-state index in [1.165, 1.54) is 6.21 Å². The zero-order valence-electron chi connectivity index (χ0n) is 19.2. The summed E-state index contributed by atoms with van der Waals surface area (Å²) < 4.78 is 15.2. The van der Waals surface area contributed by atoms with E-state index >= 15 is 0 Å². The Bertz CT molecular complexity index is 955. The number of rotatable bonds is 11. The molecule has 9 heteroatoms. The molecule has 0 radical (unpaired) electrons. The molecule has 2 aromatic rings. The predicted octanol–water partition coefficient (Wildman–Crippen LogP) is 2.54. The van der Waals surface area contributed by atoms with Gasteiger partial charge in [-0.05, 0) is 66.9 Å². The van der Waals surface area contributed by atoms with Crippen LogP contribution in [-0.2, 0) is 14.3 Å². The highest BCUT2D eigenvalue weighted by atomic mass is 16.6. The topological polar surface area (TPSA) is 115 Å². The third-order valence-corrected chi connectivity index (χ3v) is 4.52. The molecule has 2 aromatic carbocycles. The highest BCUT2D eigenvalue weighted by molar-refractivity contribution is 5.97. The molecule has 0 spiro atoms. The molecule has 1 unspecified atom stereocenters. The van der Waals surface area contributed by atoms with Crippen LogP contribution < -0.4 is 20.2 Å². The summed E-state index contributed by atoms with van der Waals surface area (Å²) in [5.41, 5.74) is 3.59. The summed E-state index contributed by atoms with van der Waals surface area (Å²) in [4.78, 5) is 36.4. The van der Waals surface area contributed by atoms with Crippen molar-refractivity contribution < 1.29 is 28.6 Å². The fourth-order valence-electron chi connectivity index (χ4n) is 2.74. The van der Waals surface area contributed by atoms with Crippen LogP contribution in [0.4, 0.5) is 0 Å². The molecule has 33 heavy (non-hydrogen) atoms. The molecule has 176 valence electrons. The van der Waals surface area contributed by atoms with Crippen molar-refractivity contribution >= 4 is 24.0 Å². The van der Waals surface area contributed by atoms with Gasteiger partial charge in [0.15, 0.2) is 6.61 Å². The van der Waals surface area contributed by atoms with E-state index in [0.29, 0.717) is 29.2 Å². The summed E-state index contributed by atoms with van der Waals surface area (Å²) in [6, 6.07) is 12.6. The molecule has 0 saturated heterocycles. The Balaban J connectivity index is 1.90. The summed E-state index contributed by atoms with van der Waals surface area (Å²) >= 11 is 0. The van der Waals surface area contributed by atoms with Crippen LogP contribution in [-0.4, -0.2) is 50.4 Å². The summed E-state index contributed by atoms with van der Waals surface area (Å²) in [5, 5.41) is 6.71. The van der Waals surface area contributed by atoms with Gasteiger partial charge in [0.25, 0.3) is 11.8 Å². The maximum absolute atomic E-state index is 12.6. The van der Waals surface area contributed by atoms with Gasteiger partial charge in [0.1, 0.15) is 17.5 Å². The van der Waals surface area contributed by atoms with E-state index in [1.54, 1.807) is 62.6 Å². The van der Waals surface area contributed by atoms with Gasteiger partial charge in [0, 0.05) is 5.56 Å². The number of nitrogens with zero attached hydrogens (tertiary/aromatic N) is 1. The van der Waals surface area contributed by atoms with Gasteiger partial charge in [-0.15, -0.1) is 0 Å². The summed E-state index contributed by atoms with van der Waals surface area (Å²) in [6.45, 7) is 5.51. The largest absolute Gasteiger partial charge is 0.497 e. The monoisotopic (exact) mass is 455 g/mol. The molecule has 9 nitrogen and oxygen atoms in total. The maximum Gasteiger partial charge on any atom is 0.344 e. The van der Waals surface area contributed by atoms with E-state index in [4.69, 9.17) is 14.2 Å². The lowest BCUT2D eigenvalue weighted by molar-refractivity contribution is -0.145. The first-order valence-electron chi connectivity index (χ1n) is 10.5. The molecule has 0 fully saturated rings. The smallest absolute Gasteiger partial charge is 0.344 e. The Morgan fingerprint density at radius 2 is 1.64 bits per heavy atom. The Hall–Kier alpha value is -3.88. The number of benzene rings is 2. The SMILES string of the molecule is CCOC(=O)COc1ccc(C=NNC(=O)C(NC(=O)c2ccc(OC)cc2)C(C)C)cc1. The first kappa shape index (κ1) is 25.4. The lowest BCUT2D eigenvalue weighted by Gasteiger charge is -2.20. The quantitative estimate of drug-likeness (QED) is 0.306. The molecule has 0 bridgehead atoms. The first-order chi connectivity index (χ1) is 15.8. The number of carbonyl (C=O) groups is 3. The number of methoxy groups -OCH3 is 1. The fourth-order valence-corrected chi connectivity index (χ4v) is 2.74. The molecule has 2 rings (SSSR count). The highest BCUT2D eigenvalue weighted by Gasteiger charge is 2.24. The number of ether oxygens (including phenoxy) is 3. The van der Waals surface area contributed by atoms with E-state index in [1.807, 2.05) is 13.8 Å². The zero-order chi connectivity index (χ0) is 24.2. The molecule has 0 saturated carbocycles. The van der Waals surface area contributed by atoms with Crippen molar-refractivity contribution in [3.8, 4) is 11.5 Å². The highest BCUT2D eigenvalue weighted by Crippen LogP contribution is 2.13. The third kappa shape index (κ3) is 8.29. The predicted molar refractivity (Wildman–Crippen MR) is 123 cm³/mol. The molecule has 0 aliphatic heterocycles. The standard InChI is InChI=1S/C24H29N3O6/c1-5-32-21(28)15-33-20-10-6-17(7-11-20)14-25-27-24(30)22(16(2)3)26-23(29)18-8-12-19(31-4)13-9-18/h6-14,16,22H,5,15H2,1-4H3,(H,26,29)(H,27,30). The van der Waals surface area contributed by atoms with Gasteiger partial charge in [-0.1, -0.05) is 13.8 Å². The molecule has 0 heterocycles. The van der Waals surface area contributed by atoms with Crippen LogP contribution >= 0.6 is 0 Å². The number of esters is 1. The molecule has 0 aliphatic carbocycles. The normalized spacial score (nSPS) is 11.7. The summed E-state index contributed by atoms with van der Waals surface area (Å²) in [6.07, 6.45) is 1.47. The van der Waals surface area contributed by atoms with Gasteiger partial charge >= 0.3 is 5.97 Å². The van der Waals surface area contributed by atoms with Crippen molar-refractivity contribution in [3.63, 3.8) is 0 Å². The van der Waals surface area contributed by atoms with Crippen LogP contribution in [0.15, 0.2) is 53.6 Å². The average Bonchev–Trinajstić information content (AvgIpc) is 2.81. The Labute approximate surface area is 193 Å². The van der Waals surface area contributed by atoms with E-state index in [0.717, 1.165) is 0 Å². The number of hydrogen-bond acceptors (Lipinski definition) is 7. The van der Waals surface area contributed by atoms with Crippen LogP contribution in [0.5, 0.6) is 11.5 Å². The lowest BCUT2D eigenvalue weighted by atomic mass is 10.0. The van der Waals surface area contributed by atoms with Crippen molar-refractivity contribution in [2.45, 2.75) is 26.8 Å². The summed E-state index contributed by atoms with van der Waals surface area (Å²) in [5.74, 6) is -0.253. The minimum absolute atomic E-state index is 0.154. The van der Waals surface area contributed by atoms with Gasteiger partial charge in [0.2, 0.25) is 0 Å². The van der Waals surface area contributed by atoms with E-state index in [9.17, 15) is 14.4 Å². The number of hydrazone groups is 1. The van der Waals surface area contributed by atoms with Crippen LogP contribution in [0.3, 0.4) is 0 Å². The Morgan fingerprint density at radius 1 is 1.00 bits per heavy atom. The van der Waals surface area contributed by atoms with Crippen molar-refractivity contribution in [1.29, 1.82) is 0 Å². The first-order valence-corrected chi connectivity index (χ1v) is 10.5. The minimum Gasteiger partial charge on any atom is -0.497 e. The minimum atomic E-state index is -0.768. The Morgan fingerprint density at radius 3 is 2.21 bits per heavy atom. The third-order valence-electron chi connectivity index (χ3n) is 4.52. The lowest BCUT2D eigenvalue weighted by Crippen LogP contribution is -2.48. The van der Waals surface area contributed by atoms with Crippen molar-refractivity contribution in [3.05, 3.63) is 59.7 Å². The van der Waals surface area contributed by atoms with Crippen LogP contribution in [0.2, 0.25) is 0 Å².